The van der Waals surface area contributed by atoms with Gasteiger partial charge in [-0.1, -0.05) is 0 Å². The van der Waals surface area contributed by atoms with Gasteiger partial charge in [0.1, 0.15) is 5.76 Å². The molecule has 5 heteroatoms. The summed E-state index contributed by atoms with van der Waals surface area (Å²) in [4.78, 5) is 0. The monoisotopic (exact) mass is 232 g/mol. The first-order valence-electron chi connectivity index (χ1n) is 5.29. The number of aryl methyl sites for hydroxylation is 1. The van der Waals surface area contributed by atoms with E-state index in [-0.39, 0.29) is 1.43 Å². The molecule has 2 heterocycles. The van der Waals surface area contributed by atoms with E-state index in [2.05, 4.69) is 10.2 Å². The van der Waals surface area contributed by atoms with Crippen LogP contribution in [0, 0.1) is 12.3 Å². The second-order valence-corrected chi connectivity index (χ2v) is 3.90. The van der Waals surface area contributed by atoms with Gasteiger partial charge in [-0.2, -0.15) is 10.2 Å². The molecule has 2 rings (SSSR count). The van der Waals surface area contributed by atoms with E-state index in [1.807, 2.05) is 12.1 Å². The maximum absolute atomic E-state index is 7.69. The number of furan rings is 1. The lowest BCUT2D eigenvalue weighted by Crippen LogP contribution is -2.11. The summed E-state index contributed by atoms with van der Waals surface area (Å²) < 4.78 is 5.25. The fourth-order valence-corrected chi connectivity index (χ4v) is 1.76. The highest BCUT2D eigenvalue weighted by Crippen LogP contribution is 2.20. The molecule has 0 aromatic carbocycles. The van der Waals surface area contributed by atoms with Crippen LogP contribution >= 0.6 is 0 Å². The maximum Gasteiger partial charge on any atom is 0.109 e. The van der Waals surface area contributed by atoms with Crippen LogP contribution in [0.1, 0.15) is 31.1 Å². The van der Waals surface area contributed by atoms with E-state index in [9.17, 15) is 0 Å². The third kappa shape index (κ3) is 2.18. The van der Waals surface area contributed by atoms with Gasteiger partial charge >= 0.3 is 0 Å². The van der Waals surface area contributed by atoms with Gasteiger partial charge in [0.05, 0.1) is 29.8 Å². The van der Waals surface area contributed by atoms with E-state index in [1.54, 1.807) is 20.1 Å². The second kappa shape index (κ2) is 4.37. The predicted octanol–water partition coefficient (Wildman–Crippen LogP) is 2.18. The van der Waals surface area contributed by atoms with Crippen molar-refractivity contribution in [2.45, 2.75) is 20.3 Å². The first kappa shape index (κ1) is 11.3. The standard InChI is InChI=1S/C12H14N4O.H2/c1-7(13)11-8(2)15-16-10(12(11)14)6-9-4-3-5-17-9;/h3-5,13H,6H2,1-2H3,(H2,14,15);1H. The lowest BCUT2D eigenvalue weighted by atomic mass is 10.1. The average Bonchev–Trinajstić information content (AvgIpc) is 2.74. The highest BCUT2D eigenvalue weighted by atomic mass is 16.3. The third-order valence-corrected chi connectivity index (χ3v) is 2.56. The Morgan fingerprint density at radius 2 is 2.29 bits per heavy atom. The Labute approximate surface area is 101 Å². The van der Waals surface area contributed by atoms with Gasteiger partial charge in [-0.15, -0.1) is 0 Å². The quantitative estimate of drug-likeness (QED) is 0.794. The summed E-state index contributed by atoms with van der Waals surface area (Å²) >= 11 is 0. The van der Waals surface area contributed by atoms with E-state index in [1.165, 1.54) is 0 Å². The summed E-state index contributed by atoms with van der Waals surface area (Å²) in [7, 11) is 0. The number of nitrogens with zero attached hydrogens (tertiary/aromatic N) is 2. The van der Waals surface area contributed by atoms with Crippen LogP contribution in [-0.2, 0) is 6.42 Å². The van der Waals surface area contributed by atoms with Crippen LogP contribution in [0.4, 0.5) is 5.69 Å². The van der Waals surface area contributed by atoms with Gasteiger partial charge in [0, 0.05) is 12.7 Å². The molecule has 0 spiro atoms. The van der Waals surface area contributed by atoms with E-state index in [0.29, 0.717) is 34.8 Å². The van der Waals surface area contributed by atoms with Crippen molar-refractivity contribution in [1.29, 1.82) is 5.41 Å². The van der Waals surface area contributed by atoms with Gasteiger partial charge in [-0.3, -0.25) is 0 Å². The highest BCUT2D eigenvalue weighted by molar-refractivity contribution is 6.02. The first-order chi connectivity index (χ1) is 8.09. The molecule has 0 amide bonds. The molecule has 0 fully saturated rings. The molecule has 2 aromatic heterocycles. The van der Waals surface area contributed by atoms with Crippen LogP contribution in [0.2, 0.25) is 0 Å². The molecule has 0 atom stereocenters. The summed E-state index contributed by atoms with van der Waals surface area (Å²) in [5.41, 5.74) is 8.92. The van der Waals surface area contributed by atoms with Crippen molar-refractivity contribution in [3.05, 3.63) is 41.1 Å². The number of aromatic nitrogens is 2. The first-order valence-corrected chi connectivity index (χ1v) is 5.29. The summed E-state index contributed by atoms with van der Waals surface area (Å²) in [6.45, 7) is 3.49. The third-order valence-electron chi connectivity index (χ3n) is 2.56. The SMILES string of the molecule is CC(=N)c1c(C)nnc(Cc2ccco2)c1N.[HH]. The van der Waals surface area contributed by atoms with Gasteiger partial charge < -0.3 is 15.6 Å². The van der Waals surface area contributed by atoms with Crippen molar-refractivity contribution in [2.24, 2.45) is 0 Å². The number of rotatable bonds is 3. The number of anilines is 1. The molecule has 0 aliphatic heterocycles. The molecule has 0 aliphatic rings. The number of hydrogen-bond donors (Lipinski definition) is 2. The largest absolute Gasteiger partial charge is 0.469 e. The molecule has 90 valence electrons. The zero-order chi connectivity index (χ0) is 12.4. The number of nitrogens with one attached hydrogen (secondary N) is 1. The van der Waals surface area contributed by atoms with Gasteiger partial charge in [-0.05, 0) is 26.0 Å². The van der Waals surface area contributed by atoms with Gasteiger partial charge in [-0.25, -0.2) is 0 Å². The normalized spacial score (nSPS) is 10.5. The maximum atomic E-state index is 7.69. The fraction of sp³-hybridized carbons (Fsp3) is 0.250. The Kier molecular flexibility index (Phi) is 2.91. The van der Waals surface area contributed by atoms with E-state index in [4.69, 9.17) is 15.6 Å². The zero-order valence-electron chi connectivity index (χ0n) is 9.82. The van der Waals surface area contributed by atoms with Gasteiger partial charge in [0.15, 0.2) is 0 Å². The molecule has 17 heavy (non-hydrogen) atoms. The minimum absolute atomic E-state index is 0. The Balaban J connectivity index is 0.00000162. The molecule has 5 nitrogen and oxygen atoms in total. The van der Waals surface area contributed by atoms with E-state index >= 15 is 0 Å². The highest BCUT2D eigenvalue weighted by Gasteiger charge is 2.14. The summed E-state index contributed by atoms with van der Waals surface area (Å²) in [6.07, 6.45) is 2.10. The zero-order valence-corrected chi connectivity index (χ0v) is 9.82. The van der Waals surface area contributed by atoms with Gasteiger partial charge in [0.25, 0.3) is 0 Å². The van der Waals surface area contributed by atoms with Crippen molar-refractivity contribution in [3.8, 4) is 0 Å². The molecule has 0 unspecified atom stereocenters. The van der Waals surface area contributed by atoms with Crippen LogP contribution < -0.4 is 5.73 Å². The molecule has 0 radical (unpaired) electrons. The Morgan fingerprint density at radius 3 is 2.88 bits per heavy atom. The Bertz CT molecular complexity index is 551. The van der Waals surface area contributed by atoms with Crippen LogP contribution in [0.5, 0.6) is 0 Å². The molecule has 0 aliphatic carbocycles. The molecule has 3 N–H and O–H groups in total. The van der Waals surface area contributed by atoms with E-state index in [0.717, 1.165) is 5.76 Å². The number of nitrogen functional groups attached to an aromatic ring is 1. The van der Waals surface area contributed by atoms with Crippen LogP contribution in [-0.4, -0.2) is 15.9 Å². The topological polar surface area (TPSA) is 88.8 Å². The lowest BCUT2D eigenvalue weighted by Gasteiger charge is -2.09. The van der Waals surface area contributed by atoms with E-state index < -0.39 is 0 Å². The summed E-state index contributed by atoms with van der Waals surface area (Å²) in [5, 5.41) is 15.8. The molecule has 0 saturated carbocycles. The minimum Gasteiger partial charge on any atom is -0.469 e. The van der Waals surface area contributed by atoms with Crippen LogP contribution in [0.3, 0.4) is 0 Å². The molecule has 2 aromatic rings. The predicted molar refractivity (Wildman–Crippen MR) is 67.3 cm³/mol. The molecule has 0 saturated heterocycles. The van der Waals surface area contributed by atoms with Gasteiger partial charge in [0.2, 0.25) is 0 Å². The molecular weight excluding hydrogens is 216 g/mol. The Hall–Kier alpha value is -2.17. The smallest absolute Gasteiger partial charge is 0.109 e. The van der Waals surface area contributed by atoms with Crippen LogP contribution in [0.25, 0.3) is 0 Å². The van der Waals surface area contributed by atoms with Crippen molar-refractivity contribution in [2.75, 3.05) is 5.73 Å². The summed E-state index contributed by atoms with van der Waals surface area (Å²) in [6, 6.07) is 3.67. The van der Waals surface area contributed by atoms with Crippen molar-refractivity contribution in [3.63, 3.8) is 0 Å². The minimum atomic E-state index is 0. The molecule has 0 bridgehead atoms. The van der Waals surface area contributed by atoms with Crippen molar-refractivity contribution in [1.82, 2.24) is 10.2 Å². The van der Waals surface area contributed by atoms with Crippen molar-refractivity contribution >= 4 is 11.4 Å². The second-order valence-electron chi connectivity index (χ2n) is 3.90. The fourth-order valence-electron chi connectivity index (χ4n) is 1.76. The lowest BCUT2D eigenvalue weighted by molar-refractivity contribution is 0.518. The average molecular weight is 232 g/mol. The number of nitrogens with two attached hydrogens (primary N) is 1. The Morgan fingerprint density at radius 1 is 1.53 bits per heavy atom. The van der Waals surface area contributed by atoms with Crippen molar-refractivity contribution < 1.29 is 5.84 Å². The molecular formula is C12H16N4O. The number of hydrogen-bond acceptors (Lipinski definition) is 5. The summed E-state index contributed by atoms with van der Waals surface area (Å²) in [5.74, 6) is 0.781. The van der Waals surface area contributed by atoms with Crippen LogP contribution in [0.15, 0.2) is 22.8 Å².